The highest BCUT2D eigenvalue weighted by Gasteiger charge is 2.27. The fourth-order valence-corrected chi connectivity index (χ4v) is 2.14. The highest BCUT2D eigenvalue weighted by atomic mass is 35.5. The Bertz CT molecular complexity index is 397. The number of hydrogen-bond donors (Lipinski definition) is 2. The van der Waals surface area contributed by atoms with Crippen LogP contribution in [-0.4, -0.2) is 16.9 Å². The van der Waals surface area contributed by atoms with Gasteiger partial charge in [-0.3, -0.25) is 4.79 Å². The summed E-state index contributed by atoms with van der Waals surface area (Å²) in [6.45, 7) is 0. The molecule has 3 N–H and O–H groups in total. The molecule has 16 heavy (non-hydrogen) atoms. The number of halogens is 1. The van der Waals surface area contributed by atoms with Gasteiger partial charge in [-0.2, -0.15) is 0 Å². The van der Waals surface area contributed by atoms with Gasteiger partial charge in [-0.05, 0) is 31.4 Å². The van der Waals surface area contributed by atoms with E-state index >= 15 is 0 Å². The Morgan fingerprint density at radius 1 is 1.56 bits per heavy atom. The minimum Gasteiger partial charge on any atom is -0.328 e. The fraction of sp³-hybridized carbons (Fsp3) is 0.455. The standard InChI is InChI=1S/C11H14ClN3O/c12-10-9(2-1-5-14-10)15-11(16)7-3-4-8(13)6-7/h1-2,5,7-8H,3-4,6,13H2,(H,15,16). The molecule has 1 saturated carbocycles. The second kappa shape index (κ2) is 4.80. The molecule has 1 aromatic heterocycles. The van der Waals surface area contributed by atoms with Crippen molar-refractivity contribution in [2.24, 2.45) is 11.7 Å². The van der Waals surface area contributed by atoms with Crippen molar-refractivity contribution < 1.29 is 4.79 Å². The fourth-order valence-electron chi connectivity index (χ4n) is 1.97. The van der Waals surface area contributed by atoms with E-state index in [1.54, 1.807) is 18.3 Å². The molecular weight excluding hydrogens is 226 g/mol. The van der Waals surface area contributed by atoms with E-state index in [2.05, 4.69) is 10.3 Å². The molecule has 5 heteroatoms. The van der Waals surface area contributed by atoms with E-state index in [9.17, 15) is 4.79 Å². The largest absolute Gasteiger partial charge is 0.328 e. The van der Waals surface area contributed by atoms with Crippen LogP contribution in [0.3, 0.4) is 0 Å². The molecule has 0 aliphatic heterocycles. The zero-order chi connectivity index (χ0) is 11.5. The molecule has 4 nitrogen and oxygen atoms in total. The van der Waals surface area contributed by atoms with E-state index in [0.717, 1.165) is 19.3 Å². The molecule has 2 unspecified atom stereocenters. The lowest BCUT2D eigenvalue weighted by Crippen LogP contribution is -2.23. The predicted octanol–water partition coefficient (Wildman–Crippen LogP) is 1.80. The lowest BCUT2D eigenvalue weighted by molar-refractivity contribution is -0.119. The van der Waals surface area contributed by atoms with Crippen LogP contribution in [0.2, 0.25) is 5.15 Å². The summed E-state index contributed by atoms with van der Waals surface area (Å²) in [7, 11) is 0. The van der Waals surface area contributed by atoms with Gasteiger partial charge >= 0.3 is 0 Å². The Balaban J connectivity index is 2.00. The van der Waals surface area contributed by atoms with Gasteiger partial charge in [0.15, 0.2) is 5.15 Å². The van der Waals surface area contributed by atoms with Gasteiger partial charge in [0, 0.05) is 18.2 Å². The van der Waals surface area contributed by atoms with E-state index in [1.165, 1.54) is 0 Å². The highest BCUT2D eigenvalue weighted by molar-refractivity contribution is 6.32. The third-order valence-electron chi connectivity index (χ3n) is 2.86. The number of anilines is 1. The molecular formula is C11H14ClN3O. The number of nitrogens with one attached hydrogen (secondary N) is 1. The first-order valence-electron chi connectivity index (χ1n) is 5.34. The van der Waals surface area contributed by atoms with Crippen LogP contribution in [0.15, 0.2) is 18.3 Å². The summed E-state index contributed by atoms with van der Waals surface area (Å²) >= 11 is 5.85. The average Bonchev–Trinajstić information content (AvgIpc) is 2.68. The second-order valence-corrected chi connectivity index (χ2v) is 4.46. The van der Waals surface area contributed by atoms with Gasteiger partial charge in [-0.1, -0.05) is 11.6 Å². The first-order chi connectivity index (χ1) is 7.66. The zero-order valence-electron chi connectivity index (χ0n) is 8.82. The monoisotopic (exact) mass is 239 g/mol. The third-order valence-corrected chi connectivity index (χ3v) is 3.16. The summed E-state index contributed by atoms with van der Waals surface area (Å²) in [5.74, 6) is -0.00544. The molecule has 1 amide bonds. The van der Waals surface area contributed by atoms with Crippen molar-refractivity contribution in [2.45, 2.75) is 25.3 Å². The Morgan fingerprint density at radius 3 is 3.00 bits per heavy atom. The van der Waals surface area contributed by atoms with Crippen LogP contribution in [0.5, 0.6) is 0 Å². The molecule has 1 heterocycles. The van der Waals surface area contributed by atoms with E-state index < -0.39 is 0 Å². The van der Waals surface area contributed by atoms with Crippen molar-refractivity contribution in [1.29, 1.82) is 0 Å². The van der Waals surface area contributed by atoms with Gasteiger partial charge in [0.25, 0.3) is 0 Å². The Hall–Kier alpha value is -1.13. The van der Waals surface area contributed by atoms with Crippen LogP contribution in [0.1, 0.15) is 19.3 Å². The number of pyridine rings is 1. The molecule has 2 atom stereocenters. The Morgan fingerprint density at radius 2 is 2.38 bits per heavy atom. The number of carbonyl (C=O) groups is 1. The van der Waals surface area contributed by atoms with Gasteiger partial charge < -0.3 is 11.1 Å². The van der Waals surface area contributed by atoms with Gasteiger partial charge in [-0.15, -0.1) is 0 Å². The molecule has 1 aliphatic carbocycles. The third kappa shape index (κ3) is 2.51. The SMILES string of the molecule is NC1CCC(C(=O)Nc2cccnc2Cl)C1. The maximum absolute atomic E-state index is 11.9. The first kappa shape index (κ1) is 11.4. The Labute approximate surface area is 99.2 Å². The van der Waals surface area contributed by atoms with Gasteiger partial charge in [0.2, 0.25) is 5.91 Å². The minimum absolute atomic E-state index is 0.00581. The minimum atomic E-state index is -0.0112. The topological polar surface area (TPSA) is 68.0 Å². The van der Waals surface area contributed by atoms with Crippen molar-refractivity contribution in [3.8, 4) is 0 Å². The predicted molar refractivity (Wildman–Crippen MR) is 63.2 cm³/mol. The molecule has 0 bridgehead atoms. The normalized spacial score (nSPS) is 24.4. The number of rotatable bonds is 2. The van der Waals surface area contributed by atoms with Crippen molar-refractivity contribution in [2.75, 3.05) is 5.32 Å². The summed E-state index contributed by atoms with van der Waals surface area (Å²) in [6, 6.07) is 3.63. The number of aromatic nitrogens is 1. The lowest BCUT2D eigenvalue weighted by atomic mass is 10.1. The molecule has 0 spiro atoms. The quantitative estimate of drug-likeness (QED) is 0.774. The number of hydrogen-bond acceptors (Lipinski definition) is 3. The highest BCUT2D eigenvalue weighted by Crippen LogP contribution is 2.26. The van der Waals surface area contributed by atoms with E-state index in [1.807, 2.05) is 0 Å². The Kier molecular flexibility index (Phi) is 3.41. The zero-order valence-corrected chi connectivity index (χ0v) is 9.57. The molecule has 0 saturated heterocycles. The van der Waals surface area contributed by atoms with Crippen molar-refractivity contribution in [1.82, 2.24) is 4.98 Å². The van der Waals surface area contributed by atoms with Gasteiger partial charge in [0.1, 0.15) is 0 Å². The summed E-state index contributed by atoms with van der Waals surface area (Å²) in [4.78, 5) is 15.8. The summed E-state index contributed by atoms with van der Waals surface area (Å²) in [6.07, 6.45) is 4.11. The van der Waals surface area contributed by atoms with E-state index in [-0.39, 0.29) is 17.9 Å². The van der Waals surface area contributed by atoms with Gasteiger partial charge in [-0.25, -0.2) is 4.98 Å². The van der Waals surface area contributed by atoms with Crippen molar-refractivity contribution in [3.63, 3.8) is 0 Å². The number of nitrogens with zero attached hydrogens (tertiary/aromatic N) is 1. The van der Waals surface area contributed by atoms with E-state index in [4.69, 9.17) is 17.3 Å². The maximum Gasteiger partial charge on any atom is 0.227 e. The molecule has 1 fully saturated rings. The van der Waals surface area contributed by atoms with E-state index in [0.29, 0.717) is 10.8 Å². The molecule has 2 rings (SSSR count). The van der Waals surface area contributed by atoms with Crippen LogP contribution in [0, 0.1) is 5.92 Å². The summed E-state index contributed by atoms with van der Waals surface area (Å²) in [5.41, 5.74) is 6.33. The van der Waals surface area contributed by atoms with Crippen molar-refractivity contribution in [3.05, 3.63) is 23.5 Å². The summed E-state index contributed by atoms with van der Waals surface area (Å²) < 4.78 is 0. The maximum atomic E-state index is 11.9. The lowest BCUT2D eigenvalue weighted by Gasteiger charge is -2.11. The first-order valence-corrected chi connectivity index (χ1v) is 5.71. The molecule has 1 aliphatic rings. The second-order valence-electron chi connectivity index (χ2n) is 4.10. The summed E-state index contributed by atoms with van der Waals surface area (Å²) in [5, 5.41) is 3.10. The van der Waals surface area contributed by atoms with Crippen LogP contribution in [-0.2, 0) is 4.79 Å². The van der Waals surface area contributed by atoms with Crippen LogP contribution >= 0.6 is 11.6 Å². The number of nitrogens with two attached hydrogens (primary N) is 1. The van der Waals surface area contributed by atoms with Crippen LogP contribution in [0.25, 0.3) is 0 Å². The average molecular weight is 240 g/mol. The van der Waals surface area contributed by atoms with Crippen LogP contribution < -0.4 is 11.1 Å². The number of amides is 1. The van der Waals surface area contributed by atoms with Crippen molar-refractivity contribution >= 4 is 23.2 Å². The van der Waals surface area contributed by atoms with Crippen LogP contribution in [0.4, 0.5) is 5.69 Å². The molecule has 1 aromatic rings. The number of carbonyl (C=O) groups excluding carboxylic acids is 1. The molecule has 0 aromatic carbocycles. The molecule has 0 radical (unpaired) electrons. The smallest absolute Gasteiger partial charge is 0.227 e. The molecule has 86 valence electrons. The van der Waals surface area contributed by atoms with Gasteiger partial charge in [0.05, 0.1) is 5.69 Å².